The van der Waals surface area contributed by atoms with Crippen molar-refractivity contribution in [3.8, 4) is 0 Å². The van der Waals surface area contributed by atoms with E-state index in [0.29, 0.717) is 25.3 Å². The molecule has 1 aromatic heterocycles. The number of aryl methyl sites for hydroxylation is 1. The largest absolute Gasteiger partial charge is 0.379 e. The van der Waals surface area contributed by atoms with Crippen molar-refractivity contribution >= 4 is 5.69 Å². The van der Waals surface area contributed by atoms with Gasteiger partial charge < -0.3 is 9.30 Å². The molecule has 1 unspecified atom stereocenters. The fraction of sp³-hybridized carbons (Fsp3) is 0.615. The quantitative estimate of drug-likeness (QED) is 0.602. The molecule has 0 N–H and O–H groups in total. The van der Waals surface area contributed by atoms with E-state index in [2.05, 4.69) is 4.90 Å². The van der Waals surface area contributed by atoms with E-state index in [1.807, 2.05) is 6.92 Å². The van der Waals surface area contributed by atoms with Crippen LogP contribution in [0.15, 0.2) is 17.1 Å². The molecule has 0 spiro atoms. The van der Waals surface area contributed by atoms with Crippen LogP contribution in [-0.2, 0) is 11.3 Å². The lowest BCUT2D eigenvalue weighted by Gasteiger charge is -2.32. The minimum Gasteiger partial charge on any atom is -0.379 e. The van der Waals surface area contributed by atoms with E-state index in [0.717, 1.165) is 13.1 Å². The van der Waals surface area contributed by atoms with Crippen LogP contribution >= 0.6 is 0 Å². The van der Waals surface area contributed by atoms with Crippen LogP contribution in [0.5, 0.6) is 0 Å². The zero-order valence-corrected chi connectivity index (χ0v) is 11.7. The van der Waals surface area contributed by atoms with Gasteiger partial charge in [0.15, 0.2) is 0 Å². The van der Waals surface area contributed by atoms with E-state index in [-0.39, 0.29) is 11.7 Å². The standard InChI is InChI=1S/C13H19N3O4/c1-10-7-12(16(18)19)13(17)15(8-10)9-11(2)14-3-5-20-6-4-14/h7-8,11H,3-6,9H2,1-2H3. The highest BCUT2D eigenvalue weighted by Gasteiger charge is 2.20. The summed E-state index contributed by atoms with van der Waals surface area (Å²) in [4.78, 5) is 24.5. The van der Waals surface area contributed by atoms with Gasteiger partial charge in [-0.3, -0.25) is 19.8 Å². The van der Waals surface area contributed by atoms with Gasteiger partial charge in [-0.15, -0.1) is 0 Å². The Labute approximate surface area is 116 Å². The summed E-state index contributed by atoms with van der Waals surface area (Å²) in [5.74, 6) is 0. The summed E-state index contributed by atoms with van der Waals surface area (Å²) >= 11 is 0. The Kier molecular flexibility index (Phi) is 4.51. The van der Waals surface area contributed by atoms with E-state index in [9.17, 15) is 14.9 Å². The van der Waals surface area contributed by atoms with E-state index in [1.54, 1.807) is 13.1 Å². The summed E-state index contributed by atoms with van der Waals surface area (Å²) in [7, 11) is 0. The highest BCUT2D eigenvalue weighted by atomic mass is 16.6. The van der Waals surface area contributed by atoms with Gasteiger partial charge in [-0.25, -0.2) is 0 Å². The van der Waals surface area contributed by atoms with Crippen molar-refractivity contribution in [2.45, 2.75) is 26.4 Å². The van der Waals surface area contributed by atoms with Crippen molar-refractivity contribution in [3.63, 3.8) is 0 Å². The zero-order chi connectivity index (χ0) is 14.7. The second-order valence-corrected chi connectivity index (χ2v) is 5.11. The molecule has 1 saturated heterocycles. The molecule has 2 rings (SSSR count). The molecule has 7 heteroatoms. The van der Waals surface area contributed by atoms with E-state index in [4.69, 9.17) is 4.74 Å². The Morgan fingerprint density at radius 3 is 2.70 bits per heavy atom. The minimum absolute atomic E-state index is 0.137. The second-order valence-electron chi connectivity index (χ2n) is 5.11. The van der Waals surface area contributed by atoms with Crippen LogP contribution in [0, 0.1) is 17.0 Å². The lowest BCUT2D eigenvalue weighted by molar-refractivity contribution is -0.386. The molecule has 0 radical (unpaired) electrons. The number of nitro groups is 1. The lowest BCUT2D eigenvalue weighted by Crippen LogP contribution is -2.45. The van der Waals surface area contributed by atoms with Gasteiger partial charge in [0.05, 0.1) is 18.1 Å². The van der Waals surface area contributed by atoms with Crippen molar-refractivity contribution in [1.29, 1.82) is 0 Å². The molecule has 0 aromatic carbocycles. The molecule has 1 atom stereocenters. The Hall–Kier alpha value is -1.73. The summed E-state index contributed by atoms with van der Waals surface area (Å²) in [6, 6.07) is 1.45. The van der Waals surface area contributed by atoms with Gasteiger partial charge in [0.1, 0.15) is 0 Å². The molecule has 0 amide bonds. The average Bonchev–Trinajstić information content (AvgIpc) is 2.43. The fourth-order valence-corrected chi connectivity index (χ4v) is 2.45. The molecule has 1 aliphatic heterocycles. The van der Waals surface area contributed by atoms with Crippen molar-refractivity contribution in [2.24, 2.45) is 0 Å². The van der Waals surface area contributed by atoms with Gasteiger partial charge in [0.25, 0.3) is 0 Å². The number of rotatable bonds is 4. The zero-order valence-electron chi connectivity index (χ0n) is 11.7. The van der Waals surface area contributed by atoms with Gasteiger partial charge in [0.2, 0.25) is 0 Å². The number of aromatic nitrogens is 1. The minimum atomic E-state index is -0.620. The summed E-state index contributed by atoms with van der Waals surface area (Å²) in [5, 5.41) is 10.9. The number of hydrogen-bond acceptors (Lipinski definition) is 5. The monoisotopic (exact) mass is 281 g/mol. The molecular formula is C13H19N3O4. The van der Waals surface area contributed by atoms with Crippen molar-refractivity contribution in [3.05, 3.63) is 38.3 Å². The van der Waals surface area contributed by atoms with Crippen molar-refractivity contribution in [1.82, 2.24) is 9.47 Å². The van der Waals surface area contributed by atoms with Crippen LogP contribution in [0.4, 0.5) is 5.69 Å². The topological polar surface area (TPSA) is 77.6 Å². The summed E-state index contributed by atoms with van der Waals surface area (Å²) < 4.78 is 6.73. The smallest absolute Gasteiger partial charge is 0.334 e. The molecule has 0 bridgehead atoms. The average molecular weight is 281 g/mol. The van der Waals surface area contributed by atoms with E-state index in [1.165, 1.54) is 10.6 Å². The molecular weight excluding hydrogens is 262 g/mol. The molecule has 20 heavy (non-hydrogen) atoms. The summed E-state index contributed by atoms with van der Waals surface area (Å²) in [6.45, 7) is 7.24. The maximum Gasteiger partial charge on any atom is 0.334 e. The van der Waals surface area contributed by atoms with Gasteiger partial charge in [-0.2, -0.15) is 0 Å². The van der Waals surface area contributed by atoms with Crippen molar-refractivity contribution < 1.29 is 9.66 Å². The SMILES string of the molecule is Cc1cc([N+](=O)[O-])c(=O)n(CC(C)N2CCOCC2)c1. The summed E-state index contributed by atoms with van der Waals surface area (Å²) in [6.07, 6.45) is 1.67. The molecule has 0 aliphatic carbocycles. The molecule has 2 heterocycles. The van der Waals surface area contributed by atoms with Gasteiger partial charge in [0, 0.05) is 37.9 Å². The number of pyridine rings is 1. The predicted molar refractivity (Wildman–Crippen MR) is 73.9 cm³/mol. The van der Waals surface area contributed by atoms with Crippen molar-refractivity contribution in [2.75, 3.05) is 26.3 Å². The van der Waals surface area contributed by atoms with Gasteiger partial charge in [-0.05, 0) is 19.4 Å². The Balaban J connectivity index is 2.20. The van der Waals surface area contributed by atoms with Crippen LogP contribution in [-0.4, -0.2) is 46.7 Å². The molecule has 1 fully saturated rings. The van der Waals surface area contributed by atoms with Crippen LogP contribution in [0.25, 0.3) is 0 Å². The first-order valence-electron chi connectivity index (χ1n) is 6.66. The number of hydrogen-bond donors (Lipinski definition) is 0. The number of nitrogens with zero attached hydrogens (tertiary/aromatic N) is 3. The highest BCUT2D eigenvalue weighted by molar-refractivity contribution is 5.30. The van der Waals surface area contributed by atoms with Crippen LogP contribution in [0.3, 0.4) is 0 Å². The first-order valence-corrected chi connectivity index (χ1v) is 6.66. The highest BCUT2D eigenvalue weighted by Crippen LogP contribution is 2.10. The number of ether oxygens (including phenoxy) is 1. The maximum absolute atomic E-state index is 12.1. The Morgan fingerprint density at radius 2 is 2.10 bits per heavy atom. The first kappa shape index (κ1) is 14.7. The van der Waals surface area contributed by atoms with Crippen LogP contribution in [0.2, 0.25) is 0 Å². The third-order valence-corrected chi connectivity index (χ3v) is 3.53. The fourth-order valence-electron chi connectivity index (χ4n) is 2.45. The van der Waals surface area contributed by atoms with Gasteiger partial charge in [-0.1, -0.05) is 0 Å². The predicted octanol–water partition coefficient (Wildman–Crippen LogP) is 0.786. The van der Waals surface area contributed by atoms with E-state index < -0.39 is 10.5 Å². The molecule has 110 valence electrons. The first-order chi connectivity index (χ1) is 9.49. The van der Waals surface area contributed by atoms with E-state index >= 15 is 0 Å². The molecule has 1 aliphatic rings. The Morgan fingerprint density at radius 1 is 1.45 bits per heavy atom. The summed E-state index contributed by atoms with van der Waals surface area (Å²) in [5.41, 5.74) is -0.189. The second kappa shape index (κ2) is 6.15. The third-order valence-electron chi connectivity index (χ3n) is 3.53. The van der Waals surface area contributed by atoms with Gasteiger partial charge >= 0.3 is 11.2 Å². The molecule has 0 saturated carbocycles. The maximum atomic E-state index is 12.1. The third kappa shape index (κ3) is 3.23. The van der Waals surface area contributed by atoms with Crippen LogP contribution < -0.4 is 5.56 Å². The van der Waals surface area contributed by atoms with Crippen LogP contribution in [0.1, 0.15) is 12.5 Å². The normalized spacial score (nSPS) is 17.9. The Bertz CT molecular complexity index is 549. The number of morpholine rings is 1. The molecule has 7 nitrogen and oxygen atoms in total. The molecule has 1 aromatic rings. The lowest BCUT2D eigenvalue weighted by atomic mass is 10.2.